The summed E-state index contributed by atoms with van der Waals surface area (Å²) in [5.41, 5.74) is 4.39. The average molecular weight is 307 g/mol. The molecular weight excluding hydrogens is 286 g/mol. The number of para-hydroxylation sites is 2. The zero-order chi connectivity index (χ0) is 16.7. The standard InChI is InChI=1S/C19H21N3O/c1-3-14-9-7-10-15(4-2)19(14)22-18(23)13-21-17-11-6-5-8-16(17)12-20/h5-11,21H,3-4,13H2,1-2H3,(H,22,23). The van der Waals surface area contributed by atoms with Crippen molar-refractivity contribution in [2.45, 2.75) is 26.7 Å². The Balaban J connectivity index is 2.07. The highest BCUT2D eigenvalue weighted by molar-refractivity contribution is 5.95. The SMILES string of the molecule is CCc1cccc(CC)c1NC(=O)CNc1ccccc1C#N. The Morgan fingerprint density at radius 3 is 2.30 bits per heavy atom. The maximum atomic E-state index is 12.3. The number of benzene rings is 2. The summed E-state index contributed by atoms with van der Waals surface area (Å²) >= 11 is 0. The molecule has 0 aliphatic carbocycles. The highest BCUT2D eigenvalue weighted by Crippen LogP contribution is 2.22. The second-order valence-corrected chi connectivity index (χ2v) is 5.22. The van der Waals surface area contributed by atoms with E-state index in [4.69, 9.17) is 5.26 Å². The normalized spacial score (nSPS) is 9.96. The van der Waals surface area contributed by atoms with E-state index in [0.29, 0.717) is 11.3 Å². The predicted molar refractivity (Wildman–Crippen MR) is 93.5 cm³/mol. The van der Waals surface area contributed by atoms with Crippen LogP contribution in [-0.4, -0.2) is 12.5 Å². The summed E-state index contributed by atoms with van der Waals surface area (Å²) in [6.45, 7) is 4.28. The largest absolute Gasteiger partial charge is 0.375 e. The minimum absolute atomic E-state index is 0.117. The van der Waals surface area contributed by atoms with E-state index in [-0.39, 0.29) is 12.5 Å². The minimum Gasteiger partial charge on any atom is -0.375 e. The molecule has 2 aromatic carbocycles. The van der Waals surface area contributed by atoms with Crippen molar-refractivity contribution in [3.63, 3.8) is 0 Å². The van der Waals surface area contributed by atoms with Gasteiger partial charge in [-0.3, -0.25) is 4.79 Å². The van der Waals surface area contributed by atoms with Crippen LogP contribution in [0.2, 0.25) is 0 Å². The van der Waals surface area contributed by atoms with Crippen molar-refractivity contribution in [1.29, 1.82) is 5.26 Å². The molecule has 0 unspecified atom stereocenters. The Hall–Kier alpha value is -2.80. The molecule has 23 heavy (non-hydrogen) atoms. The van der Waals surface area contributed by atoms with Gasteiger partial charge in [-0.05, 0) is 36.1 Å². The van der Waals surface area contributed by atoms with Crippen molar-refractivity contribution < 1.29 is 4.79 Å². The van der Waals surface area contributed by atoms with Gasteiger partial charge in [0.1, 0.15) is 6.07 Å². The molecule has 0 saturated carbocycles. The van der Waals surface area contributed by atoms with Gasteiger partial charge in [0.15, 0.2) is 0 Å². The number of nitrogens with one attached hydrogen (secondary N) is 2. The maximum absolute atomic E-state index is 12.3. The lowest BCUT2D eigenvalue weighted by Gasteiger charge is -2.15. The van der Waals surface area contributed by atoms with Crippen molar-refractivity contribution in [2.75, 3.05) is 17.2 Å². The number of amides is 1. The smallest absolute Gasteiger partial charge is 0.243 e. The van der Waals surface area contributed by atoms with Crippen LogP contribution in [0.4, 0.5) is 11.4 Å². The lowest BCUT2D eigenvalue weighted by Crippen LogP contribution is -2.23. The van der Waals surface area contributed by atoms with Crippen LogP contribution in [0.5, 0.6) is 0 Å². The Kier molecular flexibility index (Phi) is 5.76. The van der Waals surface area contributed by atoms with Crippen LogP contribution in [0, 0.1) is 11.3 Å². The molecule has 0 radical (unpaired) electrons. The molecule has 0 atom stereocenters. The van der Waals surface area contributed by atoms with Gasteiger partial charge in [0.25, 0.3) is 0 Å². The minimum atomic E-state index is -0.117. The number of nitriles is 1. The summed E-state index contributed by atoms with van der Waals surface area (Å²) < 4.78 is 0. The van der Waals surface area contributed by atoms with Crippen LogP contribution >= 0.6 is 0 Å². The highest BCUT2D eigenvalue weighted by Gasteiger charge is 2.10. The first kappa shape index (κ1) is 16.6. The number of aryl methyl sites for hydroxylation is 2. The van der Waals surface area contributed by atoms with Crippen LogP contribution in [0.25, 0.3) is 0 Å². The van der Waals surface area contributed by atoms with Gasteiger partial charge in [0, 0.05) is 5.69 Å². The molecule has 0 heterocycles. The van der Waals surface area contributed by atoms with Gasteiger partial charge in [0.2, 0.25) is 5.91 Å². The van der Waals surface area contributed by atoms with E-state index in [0.717, 1.165) is 29.7 Å². The fraction of sp³-hybridized carbons (Fsp3) is 0.263. The fourth-order valence-corrected chi connectivity index (χ4v) is 2.50. The third-order valence-corrected chi connectivity index (χ3v) is 3.75. The van der Waals surface area contributed by atoms with Gasteiger partial charge in [0.05, 0.1) is 17.8 Å². The molecule has 0 aliphatic heterocycles. The molecule has 4 heteroatoms. The lowest BCUT2D eigenvalue weighted by molar-refractivity contribution is -0.114. The second kappa shape index (κ2) is 8.00. The summed E-state index contributed by atoms with van der Waals surface area (Å²) in [5.74, 6) is -0.117. The predicted octanol–water partition coefficient (Wildman–Crippen LogP) is 3.73. The fourth-order valence-electron chi connectivity index (χ4n) is 2.50. The Morgan fingerprint density at radius 2 is 1.70 bits per heavy atom. The summed E-state index contributed by atoms with van der Waals surface area (Å²) in [7, 11) is 0. The van der Waals surface area contributed by atoms with Crippen molar-refractivity contribution in [1.82, 2.24) is 0 Å². The third-order valence-electron chi connectivity index (χ3n) is 3.75. The first-order valence-corrected chi connectivity index (χ1v) is 7.83. The number of nitrogens with zero attached hydrogens (tertiary/aromatic N) is 1. The molecule has 2 rings (SSSR count). The third kappa shape index (κ3) is 4.10. The Labute approximate surface area is 137 Å². The van der Waals surface area contributed by atoms with Gasteiger partial charge in [-0.2, -0.15) is 5.26 Å². The molecule has 0 aliphatic rings. The number of hydrogen-bond donors (Lipinski definition) is 2. The summed E-state index contributed by atoms with van der Waals surface area (Å²) in [6.07, 6.45) is 1.74. The van der Waals surface area contributed by atoms with E-state index >= 15 is 0 Å². The molecule has 0 bridgehead atoms. The molecule has 2 N–H and O–H groups in total. The van der Waals surface area contributed by atoms with Crippen LogP contribution in [0.3, 0.4) is 0 Å². The first-order valence-electron chi connectivity index (χ1n) is 7.83. The summed E-state index contributed by atoms with van der Waals surface area (Å²) in [5, 5.41) is 15.1. The second-order valence-electron chi connectivity index (χ2n) is 5.22. The number of carbonyl (C=O) groups is 1. The molecule has 4 nitrogen and oxygen atoms in total. The highest BCUT2D eigenvalue weighted by atomic mass is 16.1. The number of hydrogen-bond acceptors (Lipinski definition) is 3. The molecule has 2 aromatic rings. The van der Waals surface area contributed by atoms with Crippen LogP contribution in [-0.2, 0) is 17.6 Å². The van der Waals surface area contributed by atoms with E-state index in [1.165, 1.54) is 0 Å². The summed E-state index contributed by atoms with van der Waals surface area (Å²) in [6, 6.07) is 15.4. The van der Waals surface area contributed by atoms with E-state index in [2.05, 4.69) is 30.6 Å². The number of anilines is 2. The van der Waals surface area contributed by atoms with Crippen molar-refractivity contribution >= 4 is 17.3 Å². The monoisotopic (exact) mass is 307 g/mol. The Bertz CT molecular complexity index is 709. The van der Waals surface area contributed by atoms with Gasteiger partial charge >= 0.3 is 0 Å². The van der Waals surface area contributed by atoms with Gasteiger partial charge < -0.3 is 10.6 Å². The molecular formula is C19H21N3O. The van der Waals surface area contributed by atoms with E-state index < -0.39 is 0 Å². The zero-order valence-electron chi connectivity index (χ0n) is 13.5. The quantitative estimate of drug-likeness (QED) is 0.854. The lowest BCUT2D eigenvalue weighted by atomic mass is 10.0. The van der Waals surface area contributed by atoms with Crippen LogP contribution < -0.4 is 10.6 Å². The molecule has 0 fully saturated rings. The maximum Gasteiger partial charge on any atom is 0.243 e. The van der Waals surface area contributed by atoms with Crippen molar-refractivity contribution in [3.05, 3.63) is 59.2 Å². The Morgan fingerprint density at radius 1 is 1.04 bits per heavy atom. The van der Waals surface area contributed by atoms with Gasteiger partial charge in [-0.1, -0.05) is 44.2 Å². The van der Waals surface area contributed by atoms with Crippen molar-refractivity contribution in [2.24, 2.45) is 0 Å². The molecule has 0 spiro atoms. The van der Waals surface area contributed by atoms with Crippen LogP contribution in [0.15, 0.2) is 42.5 Å². The summed E-state index contributed by atoms with van der Waals surface area (Å²) in [4.78, 5) is 12.3. The van der Waals surface area contributed by atoms with Gasteiger partial charge in [-0.25, -0.2) is 0 Å². The van der Waals surface area contributed by atoms with Crippen molar-refractivity contribution in [3.8, 4) is 6.07 Å². The zero-order valence-corrected chi connectivity index (χ0v) is 13.5. The van der Waals surface area contributed by atoms with Gasteiger partial charge in [-0.15, -0.1) is 0 Å². The van der Waals surface area contributed by atoms with Crippen LogP contribution in [0.1, 0.15) is 30.5 Å². The first-order chi connectivity index (χ1) is 11.2. The van der Waals surface area contributed by atoms with E-state index in [1.807, 2.05) is 24.3 Å². The molecule has 1 amide bonds. The van der Waals surface area contributed by atoms with E-state index in [9.17, 15) is 4.79 Å². The molecule has 118 valence electrons. The van der Waals surface area contributed by atoms with E-state index in [1.54, 1.807) is 18.2 Å². The topological polar surface area (TPSA) is 64.9 Å². The molecule has 0 saturated heterocycles. The number of rotatable bonds is 6. The number of carbonyl (C=O) groups excluding carboxylic acids is 1. The average Bonchev–Trinajstić information content (AvgIpc) is 2.60. The molecule has 0 aromatic heterocycles.